The number of rotatable bonds is 10. The molecule has 2 saturated carbocycles. The van der Waals surface area contributed by atoms with Gasteiger partial charge in [-0.2, -0.15) is 0 Å². The standard InChI is InChI=1S/C31H44O10/c1-2-37-24(33)14-13-19-15-21-22(18-9-5-3-6-10-18)17-38-29(21)30(39-20-11-7-4-8-12-20)28(19)41-31-27(36)26(35)25(34)23(16-32)40-31/h15,17-18,20,23,25-27,31-32,34-36H,2-14,16H2,1H3. The minimum absolute atomic E-state index is 0.0624. The van der Waals surface area contributed by atoms with Crippen LogP contribution < -0.4 is 9.47 Å². The Labute approximate surface area is 240 Å². The van der Waals surface area contributed by atoms with Crippen LogP contribution in [0.2, 0.25) is 0 Å². The third-order valence-electron chi connectivity index (χ3n) is 8.75. The second kappa shape index (κ2) is 13.7. The molecule has 0 radical (unpaired) electrons. The molecular weight excluding hydrogens is 532 g/mol. The summed E-state index contributed by atoms with van der Waals surface area (Å²) in [5, 5.41) is 42.1. The van der Waals surface area contributed by atoms with Gasteiger partial charge in [-0.25, -0.2) is 0 Å². The molecule has 228 valence electrons. The van der Waals surface area contributed by atoms with Gasteiger partial charge >= 0.3 is 5.97 Å². The van der Waals surface area contributed by atoms with Crippen LogP contribution in [0.15, 0.2) is 16.7 Å². The van der Waals surface area contributed by atoms with Gasteiger partial charge in [0.2, 0.25) is 12.0 Å². The fourth-order valence-corrected chi connectivity index (χ4v) is 6.45. The van der Waals surface area contributed by atoms with Gasteiger partial charge in [-0.1, -0.05) is 25.7 Å². The molecule has 41 heavy (non-hydrogen) atoms. The van der Waals surface area contributed by atoms with E-state index in [1.165, 1.54) is 6.42 Å². The quantitative estimate of drug-likeness (QED) is 0.307. The van der Waals surface area contributed by atoms with Crippen LogP contribution in [0.25, 0.3) is 11.0 Å². The molecule has 10 heteroatoms. The number of fused-ring (bicyclic) bond motifs is 1. The van der Waals surface area contributed by atoms with Crippen molar-refractivity contribution < 1.29 is 48.6 Å². The van der Waals surface area contributed by atoms with E-state index in [2.05, 4.69) is 0 Å². The molecule has 0 bridgehead atoms. The van der Waals surface area contributed by atoms with Crippen LogP contribution in [0.3, 0.4) is 0 Å². The number of aliphatic hydroxyl groups is 4. The molecule has 0 spiro atoms. The minimum atomic E-state index is -1.60. The molecule has 2 heterocycles. The number of hydrogen-bond acceptors (Lipinski definition) is 10. The number of carbonyl (C=O) groups excluding carboxylic acids is 1. The lowest BCUT2D eigenvalue weighted by Crippen LogP contribution is -2.60. The maximum absolute atomic E-state index is 12.4. The van der Waals surface area contributed by atoms with E-state index < -0.39 is 37.3 Å². The zero-order chi connectivity index (χ0) is 28.9. The summed E-state index contributed by atoms with van der Waals surface area (Å²) in [7, 11) is 0. The van der Waals surface area contributed by atoms with E-state index >= 15 is 0 Å². The SMILES string of the molecule is CCOC(=O)CCc1cc2c(C3CCCCC3)coc2c(OC2CCCCC2)c1OC1OC(CO)C(O)C(O)C1O. The summed E-state index contributed by atoms with van der Waals surface area (Å²) in [5.41, 5.74) is 2.31. The monoisotopic (exact) mass is 576 g/mol. The Hall–Kier alpha value is -2.37. The molecule has 5 rings (SSSR count). The van der Waals surface area contributed by atoms with Gasteiger partial charge in [0.15, 0.2) is 11.3 Å². The van der Waals surface area contributed by atoms with Crippen molar-refractivity contribution in [2.75, 3.05) is 13.2 Å². The lowest BCUT2D eigenvalue weighted by molar-refractivity contribution is -0.277. The maximum atomic E-state index is 12.4. The number of aryl methyl sites for hydroxylation is 1. The molecule has 10 nitrogen and oxygen atoms in total. The van der Waals surface area contributed by atoms with Crippen molar-refractivity contribution >= 4 is 16.9 Å². The molecule has 1 aliphatic heterocycles. The highest BCUT2D eigenvalue weighted by atomic mass is 16.7. The molecule has 1 saturated heterocycles. The zero-order valence-electron chi connectivity index (χ0n) is 23.8. The molecule has 5 atom stereocenters. The Morgan fingerprint density at radius 2 is 1.63 bits per heavy atom. The second-order valence-corrected chi connectivity index (χ2v) is 11.6. The van der Waals surface area contributed by atoms with Crippen molar-refractivity contribution in [3.05, 3.63) is 23.5 Å². The number of esters is 1. The Morgan fingerprint density at radius 3 is 2.32 bits per heavy atom. The van der Waals surface area contributed by atoms with Crippen LogP contribution >= 0.6 is 0 Å². The Balaban J connectivity index is 1.59. The van der Waals surface area contributed by atoms with Crippen LogP contribution in [0, 0.1) is 0 Å². The van der Waals surface area contributed by atoms with Gasteiger partial charge in [0, 0.05) is 17.4 Å². The highest BCUT2D eigenvalue weighted by Gasteiger charge is 2.45. The van der Waals surface area contributed by atoms with Crippen LogP contribution in [0.4, 0.5) is 0 Å². The number of aliphatic hydroxyl groups excluding tert-OH is 4. The molecular formula is C31H44O10. The molecule has 3 aliphatic rings. The molecule has 2 aromatic rings. The first kappa shape index (κ1) is 30.1. The molecule has 4 N–H and O–H groups in total. The number of carbonyl (C=O) groups is 1. The summed E-state index contributed by atoms with van der Waals surface area (Å²) in [6.45, 7) is 1.46. The normalized spacial score (nSPS) is 28.1. The van der Waals surface area contributed by atoms with E-state index in [4.69, 9.17) is 23.4 Å². The highest BCUT2D eigenvalue weighted by molar-refractivity contribution is 5.90. The lowest BCUT2D eigenvalue weighted by atomic mass is 9.83. The average Bonchev–Trinajstić information content (AvgIpc) is 3.42. The van der Waals surface area contributed by atoms with Gasteiger partial charge in [0.25, 0.3) is 0 Å². The van der Waals surface area contributed by atoms with Gasteiger partial charge in [0.05, 0.1) is 25.6 Å². The fraction of sp³-hybridized carbons (Fsp3) is 0.710. The third kappa shape index (κ3) is 6.67. The van der Waals surface area contributed by atoms with E-state index in [1.807, 2.05) is 6.07 Å². The first-order chi connectivity index (χ1) is 19.9. The first-order valence-corrected chi connectivity index (χ1v) is 15.3. The van der Waals surface area contributed by atoms with Gasteiger partial charge in [-0.3, -0.25) is 4.79 Å². The van der Waals surface area contributed by atoms with Crippen LogP contribution in [-0.2, 0) is 20.7 Å². The lowest BCUT2D eigenvalue weighted by Gasteiger charge is -2.40. The molecule has 5 unspecified atom stereocenters. The molecule has 2 aliphatic carbocycles. The van der Waals surface area contributed by atoms with E-state index in [9.17, 15) is 25.2 Å². The smallest absolute Gasteiger partial charge is 0.306 e. The predicted molar refractivity (Wildman–Crippen MR) is 149 cm³/mol. The summed E-state index contributed by atoms with van der Waals surface area (Å²) in [6.07, 6.45) is 5.58. The third-order valence-corrected chi connectivity index (χ3v) is 8.75. The highest BCUT2D eigenvalue weighted by Crippen LogP contribution is 2.47. The number of furan rings is 1. The molecule has 1 aromatic carbocycles. The van der Waals surface area contributed by atoms with Crippen molar-refractivity contribution in [2.45, 2.75) is 127 Å². The zero-order valence-corrected chi connectivity index (χ0v) is 23.8. The van der Waals surface area contributed by atoms with E-state index in [1.54, 1.807) is 13.2 Å². The second-order valence-electron chi connectivity index (χ2n) is 11.6. The summed E-state index contributed by atoms with van der Waals surface area (Å²) in [4.78, 5) is 12.4. The van der Waals surface area contributed by atoms with Gasteiger partial charge in [-0.15, -0.1) is 0 Å². The predicted octanol–water partition coefficient (Wildman–Crippen LogP) is 3.87. The molecule has 3 fully saturated rings. The van der Waals surface area contributed by atoms with E-state index in [0.717, 1.165) is 68.7 Å². The Bertz CT molecular complexity index is 1150. The van der Waals surface area contributed by atoms with Crippen molar-refractivity contribution in [3.63, 3.8) is 0 Å². The van der Waals surface area contributed by atoms with Crippen LogP contribution in [0.1, 0.15) is 94.6 Å². The number of benzene rings is 1. The topological polar surface area (TPSA) is 148 Å². The Kier molecular flexibility index (Phi) is 10.1. The number of ether oxygens (including phenoxy) is 4. The van der Waals surface area contributed by atoms with Crippen LogP contribution in [-0.4, -0.2) is 76.4 Å². The summed E-state index contributed by atoms with van der Waals surface area (Å²) >= 11 is 0. The number of hydrogen-bond donors (Lipinski definition) is 4. The summed E-state index contributed by atoms with van der Waals surface area (Å²) in [5.74, 6) is 0.650. The minimum Gasteiger partial charge on any atom is -0.483 e. The van der Waals surface area contributed by atoms with E-state index in [0.29, 0.717) is 22.8 Å². The van der Waals surface area contributed by atoms with Crippen LogP contribution in [0.5, 0.6) is 11.5 Å². The maximum Gasteiger partial charge on any atom is 0.306 e. The van der Waals surface area contributed by atoms with Gasteiger partial charge in [0.1, 0.15) is 24.4 Å². The van der Waals surface area contributed by atoms with Crippen molar-refractivity contribution in [1.29, 1.82) is 0 Å². The van der Waals surface area contributed by atoms with Gasteiger partial charge in [-0.05, 0) is 69.4 Å². The van der Waals surface area contributed by atoms with Crippen molar-refractivity contribution in [3.8, 4) is 11.5 Å². The molecule has 0 amide bonds. The molecule has 1 aromatic heterocycles. The Morgan fingerprint density at radius 1 is 0.927 bits per heavy atom. The van der Waals surface area contributed by atoms with E-state index in [-0.39, 0.29) is 37.3 Å². The van der Waals surface area contributed by atoms with Crippen molar-refractivity contribution in [2.24, 2.45) is 0 Å². The first-order valence-electron chi connectivity index (χ1n) is 15.3. The summed E-state index contributed by atoms with van der Waals surface area (Å²) < 4.78 is 30.0. The summed E-state index contributed by atoms with van der Waals surface area (Å²) in [6, 6.07) is 1.97. The largest absolute Gasteiger partial charge is 0.483 e. The van der Waals surface area contributed by atoms with Crippen molar-refractivity contribution in [1.82, 2.24) is 0 Å². The van der Waals surface area contributed by atoms with Gasteiger partial charge < -0.3 is 43.8 Å². The average molecular weight is 577 g/mol. The fourth-order valence-electron chi connectivity index (χ4n) is 6.45.